The van der Waals surface area contributed by atoms with Crippen molar-refractivity contribution in [1.82, 2.24) is 5.32 Å². The molecule has 27 heavy (non-hydrogen) atoms. The van der Waals surface area contributed by atoms with E-state index in [1.807, 2.05) is 0 Å². The van der Waals surface area contributed by atoms with Crippen molar-refractivity contribution >= 4 is 35.0 Å². The Kier molecular flexibility index (Phi) is 8.00. The van der Waals surface area contributed by atoms with Gasteiger partial charge in [0.05, 0.1) is 24.8 Å². The Morgan fingerprint density at radius 3 is 2.89 bits per heavy atom. The predicted octanol–water partition coefficient (Wildman–Crippen LogP) is 3.00. The summed E-state index contributed by atoms with van der Waals surface area (Å²) in [6, 6.07) is 4.26. The summed E-state index contributed by atoms with van der Waals surface area (Å²) in [6.45, 7) is 2.62. The van der Waals surface area contributed by atoms with E-state index in [2.05, 4.69) is 27.2 Å². The summed E-state index contributed by atoms with van der Waals surface area (Å²) in [5, 5.41) is 10.4. The van der Waals surface area contributed by atoms with Gasteiger partial charge in [-0.05, 0) is 30.3 Å². The number of nitrogens with one attached hydrogen (secondary N) is 1. The van der Waals surface area contributed by atoms with Crippen molar-refractivity contribution < 1.29 is 23.5 Å². The van der Waals surface area contributed by atoms with Crippen LogP contribution in [-0.4, -0.2) is 37.0 Å². The van der Waals surface area contributed by atoms with E-state index in [1.54, 1.807) is 6.07 Å². The molecule has 0 unspecified atom stereocenters. The van der Waals surface area contributed by atoms with Gasteiger partial charge in [0.2, 0.25) is 0 Å². The van der Waals surface area contributed by atoms with E-state index < -0.39 is 17.7 Å². The van der Waals surface area contributed by atoms with Gasteiger partial charge in [0.15, 0.2) is 5.17 Å². The van der Waals surface area contributed by atoms with E-state index in [4.69, 9.17) is 4.74 Å². The second-order valence-corrected chi connectivity index (χ2v) is 6.54. The largest absolute Gasteiger partial charge is 0.493 e. The molecule has 0 radical (unpaired) electrons. The Morgan fingerprint density at radius 1 is 1.33 bits per heavy atom. The number of amidine groups is 1. The second kappa shape index (κ2) is 10.5. The van der Waals surface area contributed by atoms with Crippen molar-refractivity contribution in [2.75, 3.05) is 13.7 Å². The number of unbranched alkanes of at least 4 members (excludes halogenated alkanes) is 2. The van der Waals surface area contributed by atoms with Crippen molar-refractivity contribution in [2.45, 2.75) is 26.2 Å². The zero-order valence-electron chi connectivity index (χ0n) is 15.0. The molecule has 2 rings (SSSR count). The number of methoxy groups -OCH3 is 1. The maximum absolute atomic E-state index is 13.7. The van der Waals surface area contributed by atoms with Crippen molar-refractivity contribution in [3.05, 3.63) is 40.6 Å². The average Bonchev–Trinajstić information content (AvgIpc) is 2.97. The number of amides is 1. The summed E-state index contributed by atoms with van der Waals surface area (Å²) >= 11 is 0.957. The third kappa shape index (κ3) is 6.86. The number of hydrogen-bond acceptors (Lipinski definition) is 7. The van der Waals surface area contributed by atoms with Crippen molar-refractivity contribution in [1.29, 1.82) is 0 Å². The Labute approximate surface area is 160 Å². The monoisotopic (exact) mass is 393 g/mol. The number of ether oxygens (including phenoxy) is 2. The van der Waals surface area contributed by atoms with Crippen LogP contribution in [0.5, 0.6) is 5.75 Å². The minimum atomic E-state index is -0.636. The van der Waals surface area contributed by atoms with Gasteiger partial charge < -0.3 is 9.47 Å². The number of benzene rings is 1. The minimum Gasteiger partial charge on any atom is -0.493 e. The number of esters is 1. The molecule has 144 valence electrons. The van der Waals surface area contributed by atoms with E-state index >= 15 is 0 Å². The smallest absolute Gasteiger partial charge is 0.331 e. The first-order valence-electron chi connectivity index (χ1n) is 8.35. The van der Waals surface area contributed by atoms with Crippen molar-refractivity contribution in [3.63, 3.8) is 0 Å². The van der Waals surface area contributed by atoms with Gasteiger partial charge >= 0.3 is 5.97 Å². The fourth-order valence-corrected chi connectivity index (χ4v) is 2.81. The summed E-state index contributed by atoms with van der Waals surface area (Å²) < 4.78 is 23.7. The molecule has 1 aromatic rings. The number of carbonyl (C=O) groups excluding carboxylic acids is 2. The molecule has 0 aliphatic carbocycles. The van der Waals surface area contributed by atoms with Crippen LogP contribution >= 0.6 is 11.8 Å². The first-order chi connectivity index (χ1) is 13.0. The Hall–Kier alpha value is -2.68. The Morgan fingerprint density at radius 2 is 2.15 bits per heavy atom. The van der Waals surface area contributed by atoms with E-state index in [0.29, 0.717) is 17.9 Å². The molecule has 0 aromatic heterocycles. The van der Waals surface area contributed by atoms with Gasteiger partial charge in [0.25, 0.3) is 5.91 Å². The highest BCUT2D eigenvalue weighted by Crippen LogP contribution is 2.23. The van der Waals surface area contributed by atoms with E-state index in [9.17, 15) is 14.0 Å². The number of thioether (sulfide) groups is 1. The number of rotatable bonds is 8. The molecule has 0 saturated carbocycles. The topological polar surface area (TPSA) is 89.4 Å². The molecule has 1 N–H and O–H groups in total. The van der Waals surface area contributed by atoms with Crippen molar-refractivity contribution in [2.24, 2.45) is 10.2 Å². The lowest BCUT2D eigenvalue weighted by Crippen LogP contribution is -2.19. The maximum Gasteiger partial charge on any atom is 0.331 e. The van der Waals surface area contributed by atoms with Crippen LogP contribution in [0.1, 0.15) is 31.7 Å². The summed E-state index contributed by atoms with van der Waals surface area (Å²) in [4.78, 5) is 23.0. The lowest BCUT2D eigenvalue weighted by molar-refractivity contribution is -0.135. The normalized spacial score (nSPS) is 16.9. The van der Waals surface area contributed by atoms with E-state index in [-0.39, 0.29) is 10.1 Å². The molecule has 1 aromatic carbocycles. The number of nitrogens with zero attached hydrogens (tertiary/aromatic N) is 2. The van der Waals surface area contributed by atoms with E-state index in [0.717, 1.165) is 37.1 Å². The number of halogens is 1. The Balaban J connectivity index is 2.00. The molecular weight excluding hydrogens is 373 g/mol. The highest BCUT2D eigenvalue weighted by Gasteiger charge is 2.24. The third-order valence-corrected chi connectivity index (χ3v) is 4.27. The highest BCUT2D eigenvalue weighted by atomic mass is 32.2. The van der Waals surface area contributed by atoms with Gasteiger partial charge in [0.1, 0.15) is 11.6 Å². The van der Waals surface area contributed by atoms with Gasteiger partial charge in [-0.2, -0.15) is 5.10 Å². The fraction of sp³-hybridized carbons (Fsp3) is 0.333. The molecule has 1 heterocycles. The van der Waals surface area contributed by atoms with Crippen LogP contribution in [0.25, 0.3) is 0 Å². The molecule has 1 aliphatic heterocycles. The van der Waals surface area contributed by atoms with Crippen LogP contribution in [0.3, 0.4) is 0 Å². The maximum atomic E-state index is 13.7. The molecule has 1 aliphatic rings. The average molecular weight is 393 g/mol. The molecule has 0 atom stereocenters. The molecule has 7 nitrogen and oxygen atoms in total. The lowest BCUT2D eigenvalue weighted by Gasteiger charge is -2.06. The van der Waals surface area contributed by atoms with Crippen LogP contribution < -0.4 is 10.1 Å². The van der Waals surface area contributed by atoms with Gasteiger partial charge in [-0.15, -0.1) is 5.10 Å². The second-order valence-electron chi connectivity index (χ2n) is 5.51. The number of carbonyl (C=O) groups is 2. The standard InChI is InChI=1S/C18H20FN3O4S/c1-3-4-5-6-26-14-8-12(7-13(19)9-14)11-20-22-18-21-17(24)15(27-18)10-16(23)25-2/h7-11H,3-6H2,1-2H3,(H,21,22,24)/b15-10+,20-11?. The molecule has 1 fully saturated rings. The molecule has 9 heteroatoms. The van der Waals surface area contributed by atoms with Gasteiger partial charge in [-0.1, -0.05) is 19.8 Å². The van der Waals surface area contributed by atoms with Crippen LogP contribution in [0.15, 0.2) is 39.4 Å². The summed E-state index contributed by atoms with van der Waals surface area (Å²) in [6.07, 6.45) is 5.46. The molecule has 0 spiro atoms. The van der Waals surface area contributed by atoms with Gasteiger partial charge in [-0.3, -0.25) is 10.1 Å². The fourth-order valence-electron chi connectivity index (χ4n) is 2.07. The lowest BCUT2D eigenvalue weighted by atomic mass is 10.2. The highest BCUT2D eigenvalue weighted by molar-refractivity contribution is 8.18. The third-order valence-electron chi connectivity index (χ3n) is 3.37. The molecular formula is C18H20FN3O4S. The Bertz CT molecular complexity index is 793. The zero-order chi connectivity index (χ0) is 19.6. The first-order valence-corrected chi connectivity index (χ1v) is 9.16. The van der Waals surface area contributed by atoms with E-state index in [1.165, 1.54) is 25.5 Å². The van der Waals surface area contributed by atoms with Crippen LogP contribution in [0.2, 0.25) is 0 Å². The summed E-state index contributed by atoms with van der Waals surface area (Å²) in [5.41, 5.74) is 0.476. The number of hydrogen-bond donors (Lipinski definition) is 1. The molecule has 1 amide bonds. The first kappa shape index (κ1) is 20.6. The summed E-state index contributed by atoms with van der Waals surface area (Å²) in [5.74, 6) is -1.12. The van der Waals surface area contributed by atoms with Crippen LogP contribution in [-0.2, 0) is 14.3 Å². The predicted molar refractivity (Wildman–Crippen MR) is 102 cm³/mol. The SMILES string of the molecule is CCCCCOc1cc(F)cc(C=N/N=C2/NC(=O)/C(=C\C(=O)OC)S2)c1. The van der Waals surface area contributed by atoms with Crippen molar-refractivity contribution in [3.8, 4) is 5.75 Å². The summed E-state index contributed by atoms with van der Waals surface area (Å²) in [7, 11) is 1.22. The van der Waals surface area contributed by atoms with Gasteiger partial charge in [-0.25, -0.2) is 9.18 Å². The molecule has 1 saturated heterocycles. The molecule has 0 bridgehead atoms. The quantitative estimate of drug-likeness (QED) is 0.241. The zero-order valence-corrected chi connectivity index (χ0v) is 15.8. The van der Waals surface area contributed by atoms with Crippen LogP contribution in [0, 0.1) is 5.82 Å². The van der Waals surface area contributed by atoms with Crippen LogP contribution in [0.4, 0.5) is 4.39 Å². The van der Waals surface area contributed by atoms with Gasteiger partial charge in [0, 0.05) is 17.7 Å². The minimum absolute atomic E-state index is 0.157.